The van der Waals surface area contributed by atoms with Gasteiger partial charge in [-0.1, -0.05) is 23.4 Å². The third-order valence-corrected chi connectivity index (χ3v) is 4.50. The molecule has 0 aliphatic carbocycles. The number of nitrogens with zero attached hydrogens (tertiary/aromatic N) is 5. The first-order chi connectivity index (χ1) is 12.7. The number of aryl methyl sites for hydroxylation is 1. The second-order valence-electron chi connectivity index (χ2n) is 6.61. The minimum Gasteiger partial charge on any atom is -0.392 e. The Morgan fingerprint density at radius 2 is 2.12 bits per heavy atom. The standard InChI is InChI=1S/C19H21N5O2/c1-13-20-8-7-17(21-13)14-4-2-5-15(10-14)19-22-18(26-23-19)12-24-9-3-6-16(25)11-24/h2,4-5,7-8,10,16,25H,3,6,9,11-12H2,1H3/t16-/m0/s1. The summed E-state index contributed by atoms with van der Waals surface area (Å²) >= 11 is 0. The molecule has 0 amide bonds. The van der Waals surface area contributed by atoms with Gasteiger partial charge in [-0.25, -0.2) is 9.97 Å². The number of β-amino-alcohol motifs (C(OH)–C–C–N with tert-alkyl or cyclic N) is 1. The van der Waals surface area contributed by atoms with E-state index in [1.165, 1.54) is 0 Å². The zero-order valence-corrected chi connectivity index (χ0v) is 14.7. The summed E-state index contributed by atoms with van der Waals surface area (Å²) in [7, 11) is 0. The molecule has 2 aromatic heterocycles. The minimum atomic E-state index is -0.265. The van der Waals surface area contributed by atoms with Gasteiger partial charge in [0.15, 0.2) is 0 Å². The summed E-state index contributed by atoms with van der Waals surface area (Å²) in [4.78, 5) is 15.3. The third kappa shape index (κ3) is 3.79. The molecule has 134 valence electrons. The SMILES string of the molecule is Cc1nccc(-c2cccc(-c3noc(CN4CCC[C@H](O)C4)n3)c2)n1. The van der Waals surface area contributed by atoms with Crippen LogP contribution in [0, 0.1) is 6.92 Å². The molecule has 0 radical (unpaired) electrons. The largest absolute Gasteiger partial charge is 0.392 e. The Bertz CT molecular complexity index is 895. The fourth-order valence-electron chi connectivity index (χ4n) is 3.24. The Balaban J connectivity index is 1.53. The van der Waals surface area contributed by atoms with Gasteiger partial charge in [0.25, 0.3) is 0 Å². The Morgan fingerprint density at radius 3 is 2.96 bits per heavy atom. The molecular weight excluding hydrogens is 330 g/mol. The lowest BCUT2D eigenvalue weighted by Gasteiger charge is -2.28. The average molecular weight is 351 g/mol. The zero-order valence-electron chi connectivity index (χ0n) is 14.7. The lowest BCUT2D eigenvalue weighted by Crippen LogP contribution is -2.37. The molecule has 1 fully saturated rings. The van der Waals surface area contributed by atoms with E-state index in [0.29, 0.717) is 24.8 Å². The first kappa shape index (κ1) is 16.8. The lowest BCUT2D eigenvalue weighted by molar-refractivity contribution is 0.0613. The third-order valence-electron chi connectivity index (χ3n) is 4.50. The van der Waals surface area contributed by atoms with Crippen molar-refractivity contribution in [3.05, 3.63) is 48.2 Å². The van der Waals surface area contributed by atoms with Gasteiger partial charge in [-0.15, -0.1) is 0 Å². The number of rotatable bonds is 4. The van der Waals surface area contributed by atoms with Crippen molar-refractivity contribution in [3.63, 3.8) is 0 Å². The zero-order chi connectivity index (χ0) is 17.9. The fraction of sp³-hybridized carbons (Fsp3) is 0.368. The summed E-state index contributed by atoms with van der Waals surface area (Å²) in [6, 6.07) is 9.80. The molecule has 1 N–H and O–H groups in total. The quantitative estimate of drug-likeness (QED) is 0.772. The normalized spacial score (nSPS) is 18.2. The van der Waals surface area contributed by atoms with Crippen LogP contribution in [0.1, 0.15) is 24.6 Å². The van der Waals surface area contributed by atoms with Crippen molar-refractivity contribution >= 4 is 0 Å². The molecule has 1 atom stereocenters. The Labute approximate surface area is 151 Å². The molecule has 0 saturated carbocycles. The van der Waals surface area contributed by atoms with Crippen molar-refractivity contribution in [1.29, 1.82) is 0 Å². The van der Waals surface area contributed by atoms with Crippen LogP contribution >= 0.6 is 0 Å². The van der Waals surface area contributed by atoms with Gasteiger partial charge in [0.1, 0.15) is 5.82 Å². The molecule has 1 aliphatic rings. The van der Waals surface area contributed by atoms with E-state index in [1.807, 2.05) is 37.3 Å². The maximum atomic E-state index is 9.78. The van der Waals surface area contributed by atoms with Gasteiger partial charge in [0, 0.05) is 23.9 Å². The maximum absolute atomic E-state index is 9.78. The van der Waals surface area contributed by atoms with Crippen LogP contribution in [0.4, 0.5) is 0 Å². The number of aliphatic hydroxyl groups excluding tert-OH is 1. The predicted molar refractivity (Wildman–Crippen MR) is 96.0 cm³/mol. The topological polar surface area (TPSA) is 88.2 Å². The maximum Gasteiger partial charge on any atom is 0.241 e. The Kier molecular flexibility index (Phi) is 4.73. The van der Waals surface area contributed by atoms with Crippen LogP contribution in [0.5, 0.6) is 0 Å². The number of piperidine rings is 1. The molecule has 1 aromatic carbocycles. The van der Waals surface area contributed by atoms with Gasteiger partial charge in [-0.3, -0.25) is 4.90 Å². The summed E-state index contributed by atoms with van der Waals surface area (Å²) in [6.45, 7) is 4.03. The van der Waals surface area contributed by atoms with Crippen LogP contribution in [0.25, 0.3) is 22.6 Å². The van der Waals surface area contributed by atoms with Crippen molar-refractivity contribution in [2.24, 2.45) is 0 Å². The van der Waals surface area contributed by atoms with Crippen LogP contribution in [-0.4, -0.2) is 49.3 Å². The van der Waals surface area contributed by atoms with Gasteiger partial charge >= 0.3 is 0 Å². The highest BCUT2D eigenvalue weighted by Gasteiger charge is 2.20. The number of hydrogen-bond donors (Lipinski definition) is 1. The molecule has 4 rings (SSSR count). The van der Waals surface area contributed by atoms with E-state index in [4.69, 9.17) is 4.52 Å². The van der Waals surface area contributed by atoms with E-state index < -0.39 is 0 Å². The van der Waals surface area contributed by atoms with E-state index in [-0.39, 0.29) is 6.10 Å². The van der Waals surface area contributed by atoms with E-state index >= 15 is 0 Å². The molecule has 0 unspecified atom stereocenters. The second kappa shape index (κ2) is 7.31. The summed E-state index contributed by atoms with van der Waals surface area (Å²) in [5, 5.41) is 13.9. The van der Waals surface area contributed by atoms with Crippen molar-refractivity contribution < 1.29 is 9.63 Å². The van der Waals surface area contributed by atoms with Crippen molar-refractivity contribution in [2.45, 2.75) is 32.4 Å². The van der Waals surface area contributed by atoms with E-state index in [1.54, 1.807) is 6.20 Å². The van der Waals surface area contributed by atoms with E-state index in [0.717, 1.165) is 42.0 Å². The van der Waals surface area contributed by atoms with Crippen LogP contribution in [0.2, 0.25) is 0 Å². The van der Waals surface area contributed by atoms with Crippen LogP contribution < -0.4 is 0 Å². The highest BCUT2D eigenvalue weighted by atomic mass is 16.5. The summed E-state index contributed by atoms with van der Waals surface area (Å²) in [5.74, 6) is 1.86. The van der Waals surface area contributed by atoms with Gasteiger partial charge in [0.05, 0.1) is 18.3 Å². The smallest absolute Gasteiger partial charge is 0.241 e. The first-order valence-electron chi connectivity index (χ1n) is 8.81. The fourth-order valence-corrected chi connectivity index (χ4v) is 3.24. The average Bonchev–Trinajstić information content (AvgIpc) is 3.10. The molecule has 0 bridgehead atoms. The van der Waals surface area contributed by atoms with Crippen molar-refractivity contribution in [1.82, 2.24) is 25.0 Å². The predicted octanol–water partition coefficient (Wildman–Crippen LogP) is 2.46. The molecular formula is C19H21N5O2. The van der Waals surface area contributed by atoms with Crippen molar-refractivity contribution in [2.75, 3.05) is 13.1 Å². The number of likely N-dealkylation sites (tertiary alicyclic amines) is 1. The lowest BCUT2D eigenvalue weighted by atomic mass is 10.1. The number of aromatic nitrogens is 4. The number of hydrogen-bond acceptors (Lipinski definition) is 7. The number of benzene rings is 1. The van der Waals surface area contributed by atoms with E-state index in [2.05, 4.69) is 25.0 Å². The molecule has 1 aliphatic heterocycles. The van der Waals surface area contributed by atoms with Gasteiger partial charge < -0.3 is 9.63 Å². The molecule has 7 nitrogen and oxygen atoms in total. The van der Waals surface area contributed by atoms with Gasteiger partial charge in [0.2, 0.25) is 11.7 Å². The molecule has 7 heteroatoms. The summed E-state index contributed by atoms with van der Waals surface area (Å²) in [6.07, 6.45) is 3.34. The molecule has 3 heterocycles. The van der Waals surface area contributed by atoms with E-state index in [9.17, 15) is 5.11 Å². The molecule has 1 saturated heterocycles. The summed E-state index contributed by atoms with van der Waals surface area (Å²) in [5.41, 5.74) is 2.73. The first-order valence-corrected chi connectivity index (χ1v) is 8.81. The van der Waals surface area contributed by atoms with Crippen molar-refractivity contribution in [3.8, 4) is 22.6 Å². The Hall–Kier alpha value is -2.64. The number of aliphatic hydroxyl groups is 1. The molecule has 26 heavy (non-hydrogen) atoms. The van der Waals surface area contributed by atoms with Crippen LogP contribution in [0.15, 0.2) is 41.1 Å². The van der Waals surface area contributed by atoms with Crippen LogP contribution in [-0.2, 0) is 6.54 Å². The highest BCUT2D eigenvalue weighted by Crippen LogP contribution is 2.24. The van der Waals surface area contributed by atoms with Crippen LogP contribution in [0.3, 0.4) is 0 Å². The minimum absolute atomic E-state index is 0.265. The van der Waals surface area contributed by atoms with Gasteiger partial charge in [-0.05, 0) is 38.4 Å². The highest BCUT2D eigenvalue weighted by molar-refractivity contribution is 5.67. The monoisotopic (exact) mass is 351 g/mol. The van der Waals surface area contributed by atoms with Gasteiger partial charge in [-0.2, -0.15) is 4.98 Å². The molecule has 0 spiro atoms. The Morgan fingerprint density at radius 1 is 1.23 bits per heavy atom. The summed E-state index contributed by atoms with van der Waals surface area (Å²) < 4.78 is 5.41. The molecule has 3 aromatic rings. The second-order valence-corrected chi connectivity index (χ2v) is 6.61.